The third-order valence-corrected chi connectivity index (χ3v) is 5.55. The van der Waals surface area contributed by atoms with Crippen molar-refractivity contribution >= 4 is 28.1 Å². The summed E-state index contributed by atoms with van der Waals surface area (Å²) in [5, 5.41) is 5.15. The molecule has 0 bridgehead atoms. The van der Waals surface area contributed by atoms with Crippen molar-refractivity contribution in [2.24, 2.45) is 5.73 Å². The minimum atomic E-state index is -0.542. The lowest BCUT2D eigenvalue weighted by molar-refractivity contribution is 0.0997. The topological polar surface area (TPSA) is 119 Å². The third kappa shape index (κ3) is 2.93. The maximum atomic E-state index is 12.0. The Bertz CT molecular complexity index is 1110. The van der Waals surface area contributed by atoms with E-state index in [1.54, 1.807) is 23.1 Å². The molecule has 0 spiro atoms. The number of H-pyrrole nitrogens is 1. The van der Waals surface area contributed by atoms with Gasteiger partial charge in [-0.05, 0) is 25.0 Å². The lowest BCUT2D eigenvalue weighted by Gasteiger charge is -2.19. The van der Waals surface area contributed by atoms with Gasteiger partial charge in [0.15, 0.2) is 16.6 Å². The fourth-order valence-corrected chi connectivity index (χ4v) is 4.18. The highest BCUT2D eigenvalue weighted by Gasteiger charge is 2.34. The van der Waals surface area contributed by atoms with Crippen molar-refractivity contribution in [3.63, 3.8) is 0 Å². The highest BCUT2D eigenvalue weighted by Crippen LogP contribution is 2.43. The Kier molecular flexibility index (Phi) is 3.90. The molecule has 4 heterocycles. The molecule has 0 atom stereocenters. The summed E-state index contributed by atoms with van der Waals surface area (Å²) in [6, 6.07) is 5.89. The van der Waals surface area contributed by atoms with Crippen LogP contribution in [-0.2, 0) is 0 Å². The fourth-order valence-electron chi connectivity index (χ4n) is 3.03. The molecule has 10 heteroatoms. The van der Waals surface area contributed by atoms with Crippen molar-refractivity contribution in [3.8, 4) is 16.4 Å². The van der Waals surface area contributed by atoms with Crippen molar-refractivity contribution in [2.45, 2.75) is 18.9 Å². The van der Waals surface area contributed by atoms with Gasteiger partial charge in [-0.25, -0.2) is 19.6 Å². The summed E-state index contributed by atoms with van der Waals surface area (Å²) in [7, 11) is 0. The number of anilines is 2. The second-order valence-corrected chi connectivity index (χ2v) is 7.41. The zero-order valence-corrected chi connectivity index (χ0v) is 15.5. The van der Waals surface area contributed by atoms with Crippen molar-refractivity contribution < 1.29 is 4.79 Å². The molecule has 1 fully saturated rings. The van der Waals surface area contributed by atoms with E-state index in [9.17, 15) is 4.79 Å². The van der Waals surface area contributed by atoms with E-state index < -0.39 is 5.91 Å². The summed E-state index contributed by atoms with van der Waals surface area (Å²) in [6.45, 7) is 0. The number of hydrogen-bond acceptors (Lipinski definition) is 7. The number of aromatic nitrogens is 6. The number of primary amides is 1. The van der Waals surface area contributed by atoms with Crippen LogP contribution >= 0.6 is 11.3 Å². The van der Waals surface area contributed by atoms with Crippen molar-refractivity contribution in [2.75, 3.05) is 4.90 Å². The van der Waals surface area contributed by atoms with Crippen molar-refractivity contribution in [1.29, 1.82) is 0 Å². The molecule has 1 saturated carbocycles. The van der Waals surface area contributed by atoms with E-state index in [1.807, 2.05) is 24.5 Å². The predicted molar refractivity (Wildman–Crippen MR) is 105 cm³/mol. The highest BCUT2D eigenvalue weighted by atomic mass is 32.1. The van der Waals surface area contributed by atoms with Gasteiger partial charge < -0.3 is 15.6 Å². The number of carbonyl (C=O) groups excluding carboxylic acids is 1. The second-order valence-electron chi connectivity index (χ2n) is 6.43. The Labute approximate surface area is 163 Å². The monoisotopic (exact) mass is 392 g/mol. The van der Waals surface area contributed by atoms with Gasteiger partial charge in [0.1, 0.15) is 6.33 Å². The predicted octanol–water partition coefficient (Wildman–Crippen LogP) is 2.51. The molecule has 4 aromatic heterocycles. The molecule has 1 aliphatic carbocycles. The van der Waals surface area contributed by atoms with Crippen LogP contribution in [0.15, 0.2) is 49.3 Å². The van der Waals surface area contributed by atoms with E-state index >= 15 is 0 Å². The van der Waals surface area contributed by atoms with Crippen molar-refractivity contribution in [3.05, 3.63) is 55.0 Å². The van der Waals surface area contributed by atoms with E-state index in [-0.39, 0.29) is 5.69 Å². The largest absolute Gasteiger partial charge is 0.364 e. The van der Waals surface area contributed by atoms with Gasteiger partial charge in [0.2, 0.25) is 0 Å². The lowest BCUT2D eigenvalue weighted by atomic mass is 10.3. The Hall–Kier alpha value is -3.53. The van der Waals surface area contributed by atoms with E-state index in [4.69, 9.17) is 5.73 Å². The zero-order chi connectivity index (χ0) is 19.1. The number of nitrogens with one attached hydrogen (secondary N) is 1. The molecule has 0 aromatic carbocycles. The first-order valence-electron chi connectivity index (χ1n) is 8.75. The number of hydrogen-bond donors (Lipinski definition) is 2. The van der Waals surface area contributed by atoms with Gasteiger partial charge in [-0.3, -0.25) is 4.79 Å². The molecule has 3 N–H and O–H groups in total. The Morgan fingerprint density at radius 1 is 1.36 bits per heavy atom. The Morgan fingerprint density at radius 3 is 2.93 bits per heavy atom. The normalized spacial score (nSPS) is 13.6. The third-order valence-electron chi connectivity index (χ3n) is 4.46. The van der Waals surface area contributed by atoms with Gasteiger partial charge in [0, 0.05) is 24.5 Å². The number of thiazole rings is 1. The van der Waals surface area contributed by atoms with Crippen LogP contribution in [0.2, 0.25) is 0 Å². The van der Waals surface area contributed by atoms with Crippen LogP contribution in [-0.4, -0.2) is 41.7 Å². The van der Waals surface area contributed by atoms with Gasteiger partial charge in [0.05, 0.1) is 28.7 Å². The average molecular weight is 392 g/mol. The maximum Gasteiger partial charge on any atom is 0.268 e. The molecule has 1 amide bonds. The van der Waals surface area contributed by atoms with Crippen LogP contribution < -0.4 is 10.6 Å². The Morgan fingerprint density at radius 2 is 2.25 bits per heavy atom. The summed E-state index contributed by atoms with van der Waals surface area (Å²) in [6.07, 6.45) is 10.8. The van der Waals surface area contributed by atoms with Crippen LogP contribution in [0.4, 0.5) is 10.8 Å². The summed E-state index contributed by atoms with van der Waals surface area (Å²) >= 11 is 1.44. The second kappa shape index (κ2) is 6.57. The van der Waals surface area contributed by atoms with Crippen LogP contribution in [0.1, 0.15) is 23.3 Å². The average Bonchev–Trinajstić information content (AvgIpc) is 3.12. The first-order chi connectivity index (χ1) is 13.7. The molecule has 1 aliphatic rings. The van der Waals surface area contributed by atoms with Crippen molar-refractivity contribution in [1.82, 2.24) is 29.7 Å². The Balaban J connectivity index is 1.56. The van der Waals surface area contributed by atoms with E-state index in [1.165, 1.54) is 17.7 Å². The zero-order valence-electron chi connectivity index (χ0n) is 14.7. The molecular formula is C18H16N8OS. The number of rotatable bonds is 6. The number of amides is 1. The molecule has 0 saturated heterocycles. The summed E-state index contributed by atoms with van der Waals surface area (Å²) in [5.74, 6) is 0.139. The number of carbonyl (C=O) groups is 1. The molecule has 140 valence electrons. The minimum Gasteiger partial charge on any atom is -0.364 e. The van der Waals surface area contributed by atoms with Crippen LogP contribution in [0.25, 0.3) is 16.4 Å². The van der Waals surface area contributed by atoms with E-state index in [0.29, 0.717) is 11.9 Å². The summed E-state index contributed by atoms with van der Waals surface area (Å²) in [4.78, 5) is 30.7. The fraction of sp³-hybridized carbons (Fsp3) is 0.167. The van der Waals surface area contributed by atoms with Gasteiger partial charge in [-0.15, -0.1) is 0 Å². The van der Waals surface area contributed by atoms with Crippen LogP contribution in [0.3, 0.4) is 0 Å². The van der Waals surface area contributed by atoms with Crippen LogP contribution in [0.5, 0.6) is 0 Å². The molecule has 4 aromatic rings. The van der Waals surface area contributed by atoms with Gasteiger partial charge in [-0.2, -0.15) is 5.10 Å². The molecule has 9 nitrogen and oxygen atoms in total. The number of nitrogens with two attached hydrogens (primary N) is 1. The molecule has 0 unspecified atom stereocenters. The maximum absolute atomic E-state index is 12.0. The lowest BCUT2D eigenvalue weighted by Crippen LogP contribution is -2.19. The molecule has 0 aliphatic heterocycles. The van der Waals surface area contributed by atoms with Gasteiger partial charge in [0.25, 0.3) is 5.91 Å². The first-order valence-corrected chi connectivity index (χ1v) is 9.57. The quantitative estimate of drug-likeness (QED) is 0.520. The SMILES string of the molecule is NC(=O)c1nc(N(c2cnn(-c3ccncn3)c2)C2CC2)sc1-c1ccc[nH]1. The first kappa shape index (κ1) is 16.6. The molecule has 5 rings (SSSR count). The smallest absolute Gasteiger partial charge is 0.268 e. The molecular weight excluding hydrogens is 376 g/mol. The summed E-state index contributed by atoms with van der Waals surface area (Å²) < 4.78 is 1.70. The summed E-state index contributed by atoms with van der Waals surface area (Å²) in [5.41, 5.74) is 7.58. The standard InChI is InChI=1S/C18H16N8OS/c19-17(27)15-16(13-2-1-6-21-13)28-18(24-15)26(11-3-4-11)12-8-23-25(9-12)14-5-7-20-10-22-14/h1-2,5-11,21H,3-4H2,(H2,19,27). The van der Waals surface area contributed by atoms with Gasteiger partial charge >= 0.3 is 0 Å². The molecule has 0 radical (unpaired) electrons. The van der Waals surface area contributed by atoms with E-state index in [0.717, 1.165) is 34.2 Å². The van der Waals surface area contributed by atoms with Gasteiger partial charge in [-0.1, -0.05) is 11.3 Å². The van der Waals surface area contributed by atoms with E-state index in [2.05, 4.69) is 29.9 Å². The number of aromatic amines is 1. The minimum absolute atomic E-state index is 0.274. The number of nitrogens with zero attached hydrogens (tertiary/aromatic N) is 6. The van der Waals surface area contributed by atoms with Crippen LogP contribution in [0, 0.1) is 0 Å². The molecule has 28 heavy (non-hydrogen) atoms. The highest BCUT2D eigenvalue weighted by molar-refractivity contribution is 7.19.